The van der Waals surface area contributed by atoms with Crippen molar-refractivity contribution in [2.24, 2.45) is 0 Å². The van der Waals surface area contributed by atoms with Gasteiger partial charge < -0.3 is 10.2 Å². The molecule has 0 spiro atoms. The van der Waals surface area contributed by atoms with Gasteiger partial charge in [0.25, 0.3) is 0 Å². The Morgan fingerprint density at radius 3 is 2.61 bits per heavy atom. The fourth-order valence-electron chi connectivity index (χ4n) is 1.74. The van der Waals surface area contributed by atoms with Gasteiger partial charge in [-0.05, 0) is 36.4 Å². The van der Waals surface area contributed by atoms with Gasteiger partial charge in [-0.15, -0.1) is 0 Å². The molecule has 3 aromatic rings. The molecule has 0 fully saturated rings. The summed E-state index contributed by atoms with van der Waals surface area (Å²) in [7, 11) is 0. The predicted molar refractivity (Wildman–Crippen MR) is 71.5 cm³/mol. The first-order valence-corrected chi connectivity index (χ1v) is 6.04. The monoisotopic (exact) mass is 306 g/mol. The van der Waals surface area contributed by atoms with Crippen LogP contribution in [0.2, 0.25) is 0 Å². The van der Waals surface area contributed by atoms with E-state index in [2.05, 4.69) is 20.9 Å². The average Bonchev–Trinajstić information content (AvgIpc) is 2.74. The molecular formula is C13H8BrFN2O. The minimum atomic E-state index is -0.294. The number of aromatic nitrogens is 1. The van der Waals surface area contributed by atoms with Crippen molar-refractivity contribution < 1.29 is 8.81 Å². The third-order valence-corrected chi connectivity index (χ3v) is 3.03. The first kappa shape index (κ1) is 11.2. The van der Waals surface area contributed by atoms with Crippen LogP contribution in [0.25, 0.3) is 22.6 Å². The zero-order valence-electron chi connectivity index (χ0n) is 9.15. The highest BCUT2D eigenvalue weighted by Crippen LogP contribution is 2.30. The lowest BCUT2D eigenvalue weighted by Gasteiger charge is -1.95. The standard InChI is InChI=1S/C13H8BrFN2O/c14-8-5-10(16)12-11(6-8)17-13(18-12)7-1-3-9(15)4-2-7/h1-6H,16H2. The molecule has 0 amide bonds. The van der Waals surface area contributed by atoms with Gasteiger partial charge in [-0.3, -0.25) is 0 Å². The van der Waals surface area contributed by atoms with E-state index in [1.54, 1.807) is 18.2 Å². The van der Waals surface area contributed by atoms with E-state index in [9.17, 15) is 4.39 Å². The highest BCUT2D eigenvalue weighted by atomic mass is 79.9. The van der Waals surface area contributed by atoms with Gasteiger partial charge in [0.1, 0.15) is 11.3 Å². The Morgan fingerprint density at radius 2 is 1.89 bits per heavy atom. The summed E-state index contributed by atoms with van der Waals surface area (Å²) in [6, 6.07) is 9.54. The quantitative estimate of drug-likeness (QED) is 0.692. The van der Waals surface area contributed by atoms with Crippen molar-refractivity contribution in [2.75, 3.05) is 5.73 Å². The Hall–Kier alpha value is -1.88. The van der Waals surface area contributed by atoms with Crippen molar-refractivity contribution >= 4 is 32.7 Å². The van der Waals surface area contributed by atoms with E-state index in [-0.39, 0.29) is 5.82 Å². The van der Waals surface area contributed by atoms with Gasteiger partial charge in [0.05, 0.1) is 5.69 Å². The van der Waals surface area contributed by atoms with Crippen LogP contribution in [0.15, 0.2) is 45.3 Å². The van der Waals surface area contributed by atoms with Crippen molar-refractivity contribution in [3.63, 3.8) is 0 Å². The Bertz CT molecular complexity index is 722. The average molecular weight is 307 g/mol. The number of hydrogen-bond acceptors (Lipinski definition) is 3. The molecule has 3 nitrogen and oxygen atoms in total. The number of nitrogens with zero attached hydrogens (tertiary/aromatic N) is 1. The fourth-order valence-corrected chi connectivity index (χ4v) is 2.20. The maximum absolute atomic E-state index is 12.8. The number of rotatable bonds is 1. The molecule has 18 heavy (non-hydrogen) atoms. The molecule has 0 bridgehead atoms. The smallest absolute Gasteiger partial charge is 0.227 e. The van der Waals surface area contributed by atoms with Crippen molar-refractivity contribution in [3.05, 3.63) is 46.7 Å². The maximum Gasteiger partial charge on any atom is 0.227 e. The van der Waals surface area contributed by atoms with Crippen LogP contribution < -0.4 is 5.73 Å². The molecule has 90 valence electrons. The van der Waals surface area contributed by atoms with Crippen LogP contribution in [-0.4, -0.2) is 4.98 Å². The fraction of sp³-hybridized carbons (Fsp3) is 0. The van der Waals surface area contributed by atoms with Crippen LogP contribution in [0.4, 0.5) is 10.1 Å². The molecule has 2 N–H and O–H groups in total. The van der Waals surface area contributed by atoms with E-state index in [1.807, 2.05) is 6.07 Å². The topological polar surface area (TPSA) is 52.0 Å². The Balaban J connectivity index is 2.19. The molecule has 0 radical (unpaired) electrons. The van der Waals surface area contributed by atoms with Crippen LogP contribution in [0, 0.1) is 5.82 Å². The van der Waals surface area contributed by atoms with Crippen molar-refractivity contribution in [1.82, 2.24) is 4.98 Å². The van der Waals surface area contributed by atoms with Crippen molar-refractivity contribution in [3.8, 4) is 11.5 Å². The number of benzene rings is 2. The Morgan fingerprint density at radius 1 is 1.17 bits per heavy atom. The van der Waals surface area contributed by atoms with Gasteiger partial charge in [0.15, 0.2) is 5.58 Å². The third kappa shape index (κ3) is 1.86. The number of fused-ring (bicyclic) bond motifs is 1. The molecule has 0 unspecified atom stereocenters. The molecule has 2 aromatic carbocycles. The molecular weight excluding hydrogens is 299 g/mol. The number of nitrogens with two attached hydrogens (primary N) is 1. The number of halogens is 2. The highest BCUT2D eigenvalue weighted by Gasteiger charge is 2.11. The van der Waals surface area contributed by atoms with E-state index in [0.717, 1.165) is 4.47 Å². The van der Waals surface area contributed by atoms with Crippen LogP contribution in [0.5, 0.6) is 0 Å². The molecule has 3 rings (SSSR count). The van der Waals surface area contributed by atoms with Gasteiger partial charge in [-0.25, -0.2) is 9.37 Å². The number of anilines is 1. The largest absolute Gasteiger partial charge is 0.434 e. The summed E-state index contributed by atoms with van der Waals surface area (Å²) in [6.45, 7) is 0. The molecule has 0 saturated heterocycles. The van der Waals surface area contributed by atoms with Gasteiger partial charge in [0, 0.05) is 10.0 Å². The normalized spacial score (nSPS) is 11.0. The van der Waals surface area contributed by atoms with E-state index < -0.39 is 0 Å². The third-order valence-electron chi connectivity index (χ3n) is 2.57. The minimum absolute atomic E-state index is 0.294. The molecule has 0 aliphatic rings. The summed E-state index contributed by atoms with van der Waals surface area (Å²) in [5.74, 6) is 0.131. The summed E-state index contributed by atoms with van der Waals surface area (Å²) in [6.07, 6.45) is 0. The van der Waals surface area contributed by atoms with Crippen LogP contribution in [0.1, 0.15) is 0 Å². The molecule has 0 aliphatic carbocycles. The van der Waals surface area contributed by atoms with E-state index in [4.69, 9.17) is 10.2 Å². The second kappa shape index (κ2) is 4.10. The first-order chi connectivity index (χ1) is 8.63. The Kier molecular flexibility index (Phi) is 2.56. The zero-order chi connectivity index (χ0) is 12.7. The van der Waals surface area contributed by atoms with Crippen LogP contribution in [0.3, 0.4) is 0 Å². The van der Waals surface area contributed by atoms with E-state index in [1.165, 1.54) is 12.1 Å². The number of nitrogen functional groups attached to an aromatic ring is 1. The summed E-state index contributed by atoms with van der Waals surface area (Å²) >= 11 is 3.35. The van der Waals surface area contributed by atoms with Crippen LogP contribution in [-0.2, 0) is 0 Å². The van der Waals surface area contributed by atoms with Crippen molar-refractivity contribution in [1.29, 1.82) is 0 Å². The minimum Gasteiger partial charge on any atom is -0.434 e. The summed E-state index contributed by atoms with van der Waals surface area (Å²) in [5.41, 5.74) is 8.28. The zero-order valence-corrected chi connectivity index (χ0v) is 10.7. The van der Waals surface area contributed by atoms with Crippen LogP contribution >= 0.6 is 15.9 Å². The second-order valence-electron chi connectivity index (χ2n) is 3.87. The lowest BCUT2D eigenvalue weighted by Crippen LogP contribution is -1.84. The molecule has 0 aliphatic heterocycles. The van der Waals surface area contributed by atoms with Gasteiger partial charge in [-0.2, -0.15) is 0 Å². The molecule has 0 saturated carbocycles. The van der Waals surface area contributed by atoms with Gasteiger partial charge in [-0.1, -0.05) is 15.9 Å². The van der Waals surface area contributed by atoms with Gasteiger partial charge >= 0.3 is 0 Å². The maximum atomic E-state index is 12.8. The summed E-state index contributed by atoms with van der Waals surface area (Å²) in [4.78, 5) is 4.34. The number of oxazole rings is 1. The summed E-state index contributed by atoms with van der Waals surface area (Å²) < 4.78 is 19.3. The summed E-state index contributed by atoms with van der Waals surface area (Å²) in [5, 5.41) is 0. The Labute approximate surface area is 111 Å². The van der Waals surface area contributed by atoms with E-state index in [0.29, 0.717) is 28.2 Å². The van der Waals surface area contributed by atoms with Crippen molar-refractivity contribution in [2.45, 2.75) is 0 Å². The molecule has 1 heterocycles. The number of hydrogen-bond donors (Lipinski definition) is 1. The second-order valence-corrected chi connectivity index (χ2v) is 4.78. The molecule has 5 heteroatoms. The lowest BCUT2D eigenvalue weighted by molar-refractivity contribution is 0.617. The molecule has 0 atom stereocenters. The molecule has 1 aromatic heterocycles. The SMILES string of the molecule is Nc1cc(Br)cc2nc(-c3ccc(F)cc3)oc12. The van der Waals surface area contributed by atoms with E-state index >= 15 is 0 Å². The first-order valence-electron chi connectivity index (χ1n) is 5.25. The highest BCUT2D eigenvalue weighted by molar-refractivity contribution is 9.10. The lowest BCUT2D eigenvalue weighted by atomic mass is 10.2. The predicted octanol–water partition coefficient (Wildman–Crippen LogP) is 3.98. The van der Waals surface area contributed by atoms with Gasteiger partial charge in [0.2, 0.25) is 5.89 Å².